The summed E-state index contributed by atoms with van der Waals surface area (Å²) in [7, 11) is 0. The van der Waals surface area contributed by atoms with Crippen LogP contribution in [0.1, 0.15) is 17.0 Å². The van der Waals surface area contributed by atoms with Gasteiger partial charge in [0.25, 0.3) is 0 Å². The molecule has 0 bridgehead atoms. The normalized spacial score (nSPS) is 13.2. The number of nitrogens with zero attached hydrogens (tertiary/aromatic N) is 1. The van der Waals surface area contributed by atoms with E-state index in [1.54, 1.807) is 0 Å². The summed E-state index contributed by atoms with van der Waals surface area (Å²) in [6.45, 7) is 4.80. The van der Waals surface area contributed by atoms with Gasteiger partial charge in [-0.25, -0.2) is 0 Å². The van der Waals surface area contributed by atoms with Crippen LogP contribution in [0.25, 0.3) is 0 Å². The summed E-state index contributed by atoms with van der Waals surface area (Å²) in [4.78, 5) is 4.47. The third-order valence-electron chi connectivity index (χ3n) is 3.19. The van der Waals surface area contributed by atoms with Crippen molar-refractivity contribution >= 4 is 0 Å². The lowest BCUT2D eigenvalue weighted by Crippen LogP contribution is -2.17. The van der Waals surface area contributed by atoms with Crippen molar-refractivity contribution in [2.75, 3.05) is 13.2 Å². The Labute approximate surface area is 118 Å². The molecule has 2 heterocycles. The summed E-state index contributed by atoms with van der Waals surface area (Å²) in [6, 6.07) is 12.1. The number of benzene rings is 1. The Hall–Kier alpha value is -2.07. The van der Waals surface area contributed by atoms with Crippen LogP contribution in [0.15, 0.2) is 36.4 Å². The van der Waals surface area contributed by atoms with Gasteiger partial charge in [0.05, 0.1) is 5.69 Å². The molecular weight excluding hydrogens is 252 g/mol. The van der Waals surface area contributed by atoms with E-state index in [2.05, 4.69) is 16.4 Å². The van der Waals surface area contributed by atoms with Crippen LogP contribution < -0.4 is 14.8 Å². The number of rotatable bonds is 4. The summed E-state index contributed by atoms with van der Waals surface area (Å²) in [6.07, 6.45) is 0. The Morgan fingerprint density at radius 2 is 1.90 bits per heavy atom. The van der Waals surface area contributed by atoms with Crippen molar-refractivity contribution < 1.29 is 9.47 Å². The van der Waals surface area contributed by atoms with Gasteiger partial charge in [0.15, 0.2) is 11.5 Å². The molecule has 0 radical (unpaired) electrons. The summed E-state index contributed by atoms with van der Waals surface area (Å²) < 4.78 is 11.1. The number of ether oxygens (including phenoxy) is 2. The van der Waals surface area contributed by atoms with Gasteiger partial charge in [-0.05, 0) is 36.8 Å². The average Bonchev–Trinajstić information content (AvgIpc) is 2.47. The molecule has 1 aromatic carbocycles. The van der Waals surface area contributed by atoms with Gasteiger partial charge >= 0.3 is 0 Å². The summed E-state index contributed by atoms with van der Waals surface area (Å²) in [5.41, 5.74) is 3.29. The number of nitrogens with one attached hydrogen (secondary N) is 1. The molecule has 0 atom stereocenters. The number of hydrogen-bond donors (Lipinski definition) is 1. The molecule has 4 heteroatoms. The molecule has 0 spiro atoms. The zero-order valence-electron chi connectivity index (χ0n) is 11.6. The van der Waals surface area contributed by atoms with Crippen molar-refractivity contribution in [2.24, 2.45) is 0 Å². The molecule has 3 rings (SSSR count). The molecule has 0 fully saturated rings. The number of hydrogen-bond acceptors (Lipinski definition) is 4. The minimum atomic E-state index is 0.622. The lowest BCUT2D eigenvalue weighted by atomic mass is 10.2. The Balaban J connectivity index is 1.58. The lowest BCUT2D eigenvalue weighted by Gasteiger charge is -2.19. The molecule has 1 aromatic heterocycles. The molecule has 2 aromatic rings. The minimum absolute atomic E-state index is 0.622. The van der Waals surface area contributed by atoms with Crippen molar-refractivity contribution in [1.82, 2.24) is 10.3 Å². The maximum Gasteiger partial charge on any atom is 0.161 e. The van der Waals surface area contributed by atoms with Gasteiger partial charge in [0, 0.05) is 18.8 Å². The second-order valence-electron chi connectivity index (χ2n) is 4.85. The fourth-order valence-electron chi connectivity index (χ4n) is 2.23. The monoisotopic (exact) mass is 270 g/mol. The number of pyridine rings is 1. The summed E-state index contributed by atoms with van der Waals surface area (Å²) >= 11 is 0. The zero-order chi connectivity index (χ0) is 13.8. The standard InChI is InChI=1S/C16H18N2O2/c1-12-3-2-4-14(18-12)11-17-10-13-5-6-15-16(9-13)20-8-7-19-15/h2-6,9,17H,7-8,10-11H2,1H3. The molecule has 0 saturated carbocycles. The predicted molar refractivity (Wildman–Crippen MR) is 76.9 cm³/mol. The Morgan fingerprint density at radius 3 is 2.75 bits per heavy atom. The number of aromatic nitrogens is 1. The largest absolute Gasteiger partial charge is 0.486 e. The van der Waals surface area contributed by atoms with Crippen LogP contribution in [0.3, 0.4) is 0 Å². The highest BCUT2D eigenvalue weighted by molar-refractivity contribution is 5.43. The maximum atomic E-state index is 5.58. The molecule has 0 amide bonds. The first kappa shape index (κ1) is 12.9. The molecule has 1 N–H and O–H groups in total. The quantitative estimate of drug-likeness (QED) is 0.926. The van der Waals surface area contributed by atoms with Crippen LogP contribution in [-0.2, 0) is 13.1 Å². The van der Waals surface area contributed by atoms with E-state index in [4.69, 9.17) is 9.47 Å². The first-order valence-corrected chi connectivity index (χ1v) is 6.83. The molecular formula is C16H18N2O2. The highest BCUT2D eigenvalue weighted by Crippen LogP contribution is 2.30. The van der Waals surface area contributed by atoms with Crippen molar-refractivity contribution in [2.45, 2.75) is 20.0 Å². The molecule has 104 valence electrons. The third-order valence-corrected chi connectivity index (χ3v) is 3.19. The number of aryl methyl sites for hydroxylation is 1. The van der Waals surface area contributed by atoms with Crippen LogP contribution in [0.2, 0.25) is 0 Å². The van der Waals surface area contributed by atoms with Crippen LogP contribution in [0, 0.1) is 6.92 Å². The van der Waals surface area contributed by atoms with Gasteiger partial charge < -0.3 is 14.8 Å². The van der Waals surface area contributed by atoms with Crippen molar-refractivity contribution in [3.05, 3.63) is 53.3 Å². The van der Waals surface area contributed by atoms with Gasteiger partial charge in [-0.15, -0.1) is 0 Å². The second-order valence-corrected chi connectivity index (χ2v) is 4.85. The van der Waals surface area contributed by atoms with E-state index in [-0.39, 0.29) is 0 Å². The maximum absolute atomic E-state index is 5.58. The van der Waals surface area contributed by atoms with E-state index in [1.807, 2.05) is 37.3 Å². The SMILES string of the molecule is Cc1cccc(CNCc2ccc3c(c2)OCCO3)n1. The fraction of sp³-hybridized carbons (Fsp3) is 0.312. The minimum Gasteiger partial charge on any atom is -0.486 e. The van der Waals surface area contributed by atoms with Crippen LogP contribution in [0.5, 0.6) is 11.5 Å². The van der Waals surface area contributed by atoms with Gasteiger partial charge in [-0.2, -0.15) is 0 Å². The summed E-state index contributed by atoms with van der Waals surface area (Å²) in [5.74, 6) is 1.67. The molecule has 4 nitrogen and oxygen atoms in total. The molecule has 0 aliphatic carbocycles. The van der Waals surface area contributed by atoms with Gasteiger partial charge in [0.2, 0.25) is 0 Å². The Kier molecular flexibility index (Phi) is 3.83. The van der Waals surface area contributed by atoms with Crippen molar-refractivity contribution in [3.8, 4) is 11.5 Å². The Bertz CT molecular complexity index is 599. The van der Waals surface area contributed by atoms with E-state index in [9.17, 15) is 0 Å². The van der Waals surface area contributed by atoms with Gasteiger partial charge in [0.1, 0.15) is 13.2 Å². The molecule has 20 heavy (non-hydrogen) atoms. The fourth-order valence-corrected chi connectivity index (χ4v) is 2.23. The highest BCUT2D eigenvalue weighted by atomic mass is 16.6. The third kappa shape index (κ3) is 3.08. The van der Waals surface area contributed by atoms with E-state index >= 15 is 0 Å². The zero-order valence-corrected chi connectivity index (χ0v) is 11.6. The van der Waals surface area contributed by atoms with Crippen molar-refractivity contribution in [3.63, 3.8) is 0 Å². The Morgan fingerprint density at radius 1 is 1.05 bits per heavy atom. The van der Waals surface area contributed by atoms with Gasteiger partial charge in [-0.3, -0.25) is 4.98 Å². The predicted octanol–water partition coefficient (Wildman–Crippen LogP) is 2.45. The average molecular weight is 270 g/mol. The molecule has 1 aliphatic heterocycles. The summed E-state index contributed by atoms with van der Waals surface area (Å²) in [5, 5.41) is 3.39. The number of fused-ring (bicyclic) bond motifs is 1. The van der Waals surface area contributed by atoms with Crippen LogP contribution in [0.4, 0.5) is 0 Å². The molecule has 0 saturated heterocycles. The second kappa shape index (κ2) is 5.92. The van der Waals surface area contributed by atoms with Crippen LogP contribution in [-0.4, -0.2) is 18.2 Å². The first-order valence-electron chi connectivity index (χ1n) is 6.83. The van der Waals surface area contributed by atoms with E-state index < -0.39 is 0 Å². The highest BCUT2D eigenvalue weighted by Gasteiger charge is 2.11. The van der Waals surface area contributed by atoms with E-state index in [0.29, 0.717) is 13.2 Å². The van der Waals surface area contributed by atoms with Gasteiger partial charge in [-0.1, -0.05) is 12.1 Å². The van der Waals surface area contributed by atoms with Crippen molar-refractivity contribution in [1.29, 1.82) is 0 Å². The smallest absolute Gasteiger partial charge is 0.161 e. The molecule has 1 aliphatic rings. The van der Waals surface area contributed by atoms with Crippen LogP contribution >= 0.6 is 0 Å². The first-order chi connectivity index (χ1) is 9.81. The molecule has 0 unspecified atom stereocenters. The van der Waals surface area contributed by atoms with E-state index in [0.717, 1.165) is 36.0 Å². The lowest BCUT2D eigenvalue weighted by molar-refractivity contribution is 0.171. The van der Waals surface area contributed by atoms with E-state index in [1.165, 1.54) is 5.56 Å². The topological polar surface area (TPSA) is 43.4 Å².